The second-order valence-corrected chi connectivity index (χ2v) is 7.75. The van der Waals surface area contributed by atoms with Crippen LogP contribution in [0.15, 0.2) is 84.0 Å². The molecule has 2 amide bonds. The lowest BCUT2D eigenvalue weighted by Gasteiger charge is -2.14. The van der Waals surface area contributed by atoms with E-state index in [0.717, 1.165) is 17.2 Å². The summed E-state index contributed by atoms with van der Waals surface area (Å²) in [5.41, 5.74) is 2.23. The first kappa shape index (κ1) is 25.4. The normalized spacial score (nSPS) is 11.1. The van der Waals surface area contributed by atoms with E-state index < -0.39 is 23.7 Å². The third-order valence-electron chi connectivity index (χ3n) is 5.06. The summed E-state index contributed by atoms with van der Waals surface area (Å²) in [5, 5.41) is 7.84. The van der Waals surface area contributed by atoms with Gasteiger partial charge in [0, 0.05) is 31.7 Å². The fourth-order valence-electron chi connectivity index (χ4n) is 3.37. The van der Waals surface area contributed by atoms with E-state index in [1.54, 1.807) is 24.5 Å². The predicted molar refractivity (Wildman–Crippen MR) is 131 cm³/mol. The predicted octanol–water partition coefficient (Wildman–Crippen LogP) is 4.66. The number of ether oxygens (including phenoxy) is 1. The molecule has 2 aromatic heterocycles. The lowest BCUT2D eigenvalue weighted by molar-refractivity contribution is -0.274. The lowest BCUT2D eigenvalue weighted by Crippen LogP contribution is -2.24. The van der Waals surface area contributed by atoms with Crippen LogP contribution in [-0.4, -0.2) is 27.3 Å². The zero-order chi connectivity index (χ0) is 26.3. The Balaban J connectivity index is 1.36. The monoisotopic (exact) mass is 510 g/mol. The number of nitrogens with one attached hydrogen (secondary N) is 4. The Labute approximate surface area is 208 Å². The molecule has 2 heterocycles. The molecule has 0 fully saturated rings. The first-order valence-corrected chi connectivity index (χ1v) is 11.0. The second kappa shape index (κ2) is 11.4. The highest BCUT2D eigenvalue weighted by atomic mass is 19.4. The van der Waals surface area contributed by atoms with Gasteiger partial charge in [0.2, 0.25) is 5.95 Å². The largest absolute Gasteiger partial charge is 0.573 e. The number of aromatic nitrogens is 3. The molecule has 0 aliphatic heterocycles. The van der Waals surface area contributed by atoms with E-state index in [9.17, 15) is 22.8 Å². The average molecular weight is 510 g/mol. The van der Waals surface area contributed by atoms with Gasteiger partial charge < -0.3 is 20.4 Å². The van der Waals surface area contributed by atoms with Gasteiger partial charge in [0.15, 0.2) is 5.75 Å². The number of anilines is 2. The minimum absolute atomic E-state index is 0.183. The van der Waals surface area contributed by atoms with Crippen molar-refractivity contribution in [1.82, 2.24) is 20.3 Å². The molecule has 0 saturated heterocycles. The molecule has 2 aromatic carbocycles. The number of para-hydroxylation sites is 2. The zero-order valence-electron chi connectivity index (χ0n) is 19.2. The molecule has 0 unspecified atom stereocenters. The number of hydrogen-bond donors (Lipinski definition) is 4. The molecular weight excluding hydrogens is 489 g/mol. The maximum absolute atomic E-state index is 12.6. The van der Waals surface area contributed by atoms with E-state index in [1.807, 2.05) is 24.3 Å². The first-order valence-electron chi connectivity index (χ1n) is 11.0. The van der Waals surface area contributed by atoms with Gasteiger partial charge in [-0.1, -0.05) is 36.4 Å². The topological polar surface area (TPSA) is 121 Å². The number of alkyl halides is 3. The summed E-state index contributed by atoms with van der Waals surface area (Å²) in [6.07, 6.45) is -0.0669. The smallest absolute Gasteiger partial charge is 0.404 e. The van der Waals surface area contributed by atoms with Crippen molar-refractivity contribution in [2.75, 3.05) is 10.6 Å². The van der Waals surface area contributed by atoms with E-state index in [4.69, 9.17) is 0 Å². The summed E-state index contributed by atoms with van der Waals surface area (Å²) < 4.78 is 41.6. The van der Waals surface area contributed by atoms with E-state index in [1.165, 1.54) is 24.4 Å². The van der Waals surface area contributed by atoms with Crippen LogP contribution in [0.4, 0.5) is 29.6 Å². The fourth-order valence-corrected chi connectivity index (χ4v) is 3.37. The number of carbonyl (C=O) groups is 1. The van der Waals surface area contributed by atoms with Gasteiger partial charge in [-0.05, 0) is 41.0 Å². The minimum Gasteiger partial charge on any atom is -0.404 e. The second-order valence-electron chi connectivity index (χ2n) is 7.75. The number of pyridine rings is 1. The Kier molecular flexibility index (Phi) is 7.79. The number of hydrogen-bond acceptors (Lipinski definition) is 6. The van der Waals surface area contributed by atoms with Gasteiger partial charge in [-0.2, -0.15) is 4.98 Å². The average Bonchev–Trinajstić information content (AvgIpc) is 2.86. The molecule has 190 valence electrons. The van der Waals surface area contributed by atoms with Crippen LogP contribution in [0.5, 0.6) is 5.75 Å². The lowest BCUT2D eigenvalue weighted by atomic mass is 10.1. The van der Waals surface area contributed by atoms with Gasteiger partial charge in [-0.3, -0.25) is 15.1 Å². The Hall–Kier alpha value is -4.71. The Morgan fingerprint density at radius 2 is 1.59 bits per heavy atom. The number of urea groups is 1. The van der Waals surface area contributed by atoms with E-state index in [2.05, 4.69) is 35.6 Å². The number of carbonyl (C=O) groups excluding carboxylic acids is 1. The van der Waals surface area contributed by atoms with Crippen LogP contribution >= 0.6 is 0 Å². The molecule has 0 aliphatic carbocycles. The van der Waals surface area contributed by atoms with Crippen LogP contribution in [-0.2, 0) is 13.1 Å². The highest BCUT2D eigenvalue weighted by Gasteiger charge is 2.32. The van der Waals surface area contributed by atoms with Crippen LogP contribution in [0.25, 0.3) is 11.1 Å². The number of benzene rings is 2. The van der Waals surface area contributed by atoms with Gasteiger partial charge in [0.1, 0.15) is 0 Å². The van der Waals surface area contributed by atoms with Crippen LogP contribution in [0.1, 0.15) is 11.1 Å². The van der Waals surface area contributed by atoms with Crippen LogP contribution in [0.3, 0.4) is 0 Å². The number of rotatable bonds is 8. The van der Waals surface area contributed by atoms with Gasteiger partial charge in [-0.25, -0.2) is 4.79 Å². The van der Waals surface area contributed by atoms with Crippen molar-refractivity contribution in [3.63, 3.8) is 0 Å². The molecule has 4 aromatic rings. The summed E-state index contributed by atoms with van der Waals surface area (Å²) >= 11 is 0. The maximum atomic E-state index is 12.6. The molecule has 12 heteroatoms. The number of aromatic amines is 1. The van der Waals surface area contributed by atoms with E-state index >= 15 is 0 Å². The van der Waals surface area contributed by atoms with Crippen LogP contribution in [0, 0.1) is 0 Å². The molecule has 0 atom stereocenters. The van der Waals surface area contributed by atoms with Crippen molar-refractivity contribution < 1.29 is 22.7 Å². The van der Waals surface area contributed by atoms with Gasteiger partial charge in [-0.15, -0.1) is 13.2 Å². The zero-order valence-corrected chi connectivity index (χ0v) is 19.2. The summed E-state index contributed by atoms with van der Waals surface area (Å²) in [5.74, 6) is -0.768. The van der Waals surface area contributed by atoms with Crippen molar-refractivity contribution in [3.05, 3.63) is 101 Å². The standard InChI is InChI=1S/C25H21F3N6O3/c26-25(27,28)37-21-4-2-1-3-20(21)32-24(36)34-23-31-15-19(22(35)33-23)18-7-5-16(6-8-18)13-30-14-17-9-11-29-12-10-17/h1-12,15,30H,13-14H2,(H3,31,32,33,34,35,36). The van der Waals surface area contributed by atoms with E-state index in [0.29, 0.717) is 18.7 Å². The fraction of sp³-hybridized carbons (Fsp3) is 0.120. The number of amides is 2. The molecule has 0 spiro atoms. The quantitative estimate of drug-likeness (QED) is 0.274. The molecule has 37 heavy (non-hydrogen) atoms. The van der Waals surface area contributed by atoms with E-state index in [-0.39, 0.29) is 17.2 Å². The van der Waals surface area contributed by atoms with Gasteiger partial charge in [0.25, 0.3) is 5.56 Å². The third-order valence-corrected chi connectivity index (χ3v) is 5.06. The highest BCUT2D eigenvalue weighted by Crippen LogP contribution is 2.30. The maximum Gasteiger partial charge on any atom is 0.573 e. The van der Waals surface area contributed by atoms with Gasteiger partial charge >= 0.3 is 12.4 Å². The van der Waals surface area contributed by atoms with Crippen molar-refractivity contribution >= 4 is 17.7 Å². The minimum atomic E-state index is -4.92. The summed E-state index contributed by atoms with van der Waals surface area (Å²) in [6.45, 7) is 1.32. The molecule has 0 radical (unpaired) electrons. The van der Waals surface area contributed by atoms with Crippen molar-refractivity contribution in [3.8, 4) is 16.9 Å². The Morgan fingerprint density at radius 1 is 0.919 bits per heavy atom. The van der Waals surface area contributed by atoms with Gasteiger partial charge in [0.05, 0.1) is 11.3 Å². The molecule has 0 saturated carbocycles. The molecule has 4 rings (SSSR count). The van der Waals surface area contributed by atoms with Crippen molar-refractivity contribution in [2.45, 2.75) is 19.5 Å². The summed E-state index contributed by atoms with van der Waals surface area (Å²) in [6, 6.07) is 15.3. The molecule has 9 nitrogen and oxygen atoms in total. The Bertz CT molecular complexity index is 1410. The Morgan fingerprint density at radius 3 is 2.27 bits per heavy atom. The van der Waals surface area contributed by atoms with Crippen LogP contribution < -0.4 is 26.2 Å². The third kappa shape index (κ3) is 7.39. The molecule has 4 N–H and O–H groups in total. The van der Waals surface area contributed by atoms with Crippen molar-refractivity contribution in [2.24, 2.45) is 0 Å². The molecular formula is C25H21F3N6O3. The highest BCUT2D eigenvalue weighted by molar-refractivity contribution is 5.99. The molecule has 0 aliphatic rings. The summed E-state index contributed by atoms with van der Waals surface area (Å²) in [7, 11) is 0. The number of halogens is 3. The van der Waals surface area contributed by atoms with Crippen molar-refractivity contribution in [1.29, 1.82) is 0 Å². The first-order chi connectivity index (χ1) is 17.8. The van der Waals surface area contributed by atoms with Crippen LogP contribution in [0.2, 0.25) is 0 Å². The summed E-state index contributed by atoms with van der Waals surface area (Å²) in [4.78, 5) is 35.3. The SMILES string of the molecule is O=C(Nc1nc(=O)c(-c2ccc(CNCc3ccncc3)cc2)c[nH]1)Nc1ccccc1OC(F)(F)F. The molecule has 0 bridgehead atoms. The number of nitrogens with zero attached hydrogens (tertiary/aromatic N) is 2. The number of H-pyrrole nitrogens is 1.